The van der Waals surface area contributed by atoms with Gasteiger partial charge in [-0.1, -0.05) is 38.0 Å². The molecule has 0 saturated carbocycles. The number of hydrogen-bond acceptors (Lipinski definition) is 2. The molecule has 0 bridgehead atoms. The molecule has 0 fully saturated rings. The molecule has 106 valence electrons. The highest BCUT2D eigenvalue weighted by Gasteiger charge is 2.11. The molecule has 0 aliphatic heterocycles. The van der Waals surface area contributed by atoms with E-state index in [0.29, 0.717) is 0 Å². The molecule has 1 atom stereocenters. The molecule has 1 unspecified atom stereocenters. The van der Waals surface area contributed by atoms with Crippen LogP contribution < -0.4 is 5.32 Å². The van der Waals surface area contributed by atoms with Gasteiger partial charge in [0, 0.05) is 11.8 Å². The Bertz CT molecular complexity index is 539. The summed E-state index contributed by atoms with van der Waals surface area (Å²) >= 11 is 0. The van der Waals surface area contributed by atoms with E-state index in [1.807, 2.05) is 18.2 Å². The minimum absolute atomic E-state index is 0.123. The van der Waals surface area contributed by atoms with E-state index in [1.165, 1.54) is 12.1 Å². The maximum atomic E-state index is 13.0. The van der Waals surface area contributed by atoms with Crippen LogP contribution in [0.2, 0.25) is 0 Å². The Morgan fingerprint density at radius 1 is 1.15 bits per heavy atom. The SMILES string of the molecule is CCCCC(Nc1cccc(O)c1)c1ccc(F)cc1. The maximum absolute atomic E-state index is 13.0. The Morgan fingerprint density at radius 3 is 2.55 bits per heavy atom. The van der Waals surface area contributed by atoms with Crippen LogP contribution in [0.3, 0.4) is 0 Å². The Morgan fingerprint density at radius 2 is 1.90 bits per heavy atom. The van der Waals surface area contributed by atoms with Gasteiger partial charge in [0.25, 0.3) is 0 Å². The van der Waals surface area contributed by atoms with Gasteiger partial charge in [-0.05, 0) is 36.2 Å². The van der Waals surface area contributed by atoms with Crippen LogP contribution in [0.4, 0.5) is 10.1 Å². The largest absolute Gasteiger partial charge is 0.508 e. The highest BCUT2D eigenvalue weighted by Crippen LogP contribution is 2.26. The van der Waals surface area contributed by atoms with Crippen LogP contribution in [0.25, 0.3) is 0 Å². The summed E-state index contributed by atoms with van der Waals surface area (Å²) in [7, 11) is 0. The predicted molar refractivity (Wildman–Crippen MR) is 80.4 cm³/mol. The highest BCUT2D eigenvalue weighted by molar-refractivity contribution is 5.49. The van der Waals surface area contributed by atoms with Crippen LogP contribution in [0.1, 0.15) is 37.8 Å². The van der Waals surface area contributed by atoms with Gasteiger partial charge in [0.1, 0.15) is 11.6 Å². The number of rotatable bonds is 6. The van der Waals surface area contributed by atoms with Crippen molar-refractivity contribution in [2.75, 3.05) is 5.32 Å². The fourth-order valence-corrected chi connectivity index (χ4v) is 2.22. The van der Waals surface area contributed by atoms with Crippen molar-refractivity contribution in [1.82, 2.24) is 0 Å². The van der Waals surface area contributed by atoms with Crippen LogP contribution in [0.15, 0.2) is 48.5 Å². The fraction of sp³-hybridized carbons (Fsp3) is 0.294. The van der Waals surface area contributed by atoms with Gasteiger partial charge in [0.05, 0.1) is 6.04 Å². The Balaban J connectivity index is 2.16. The minimum atomic E-state index is -0.222. The normalized spacial score (nSPS) is 12.1. The molecule has 0 saturated heterocycles. The van der Waals surface area contributed by atoms with Crippen molar-refractivity contribution in [2.45, 2.75) is 32.2 Å². The number of unbranched alkanes of at least 4 members (excludes halogenated alkanes) is 1. The lowest BCUT2D eigenvalue weighted by atomic mass is 10.0. The second-order valence-corrected chi connectivity index (χ2v) is 4.94. The summed E-state index contributed by atoms with van der Waals surface area (Å²) in [6.45, 7) is 2.15. The molecule has 0 aromatic heterocycles. The van der Waals surface area contributed by atoms with Gasteiger partial charge in [0.2, 0.25) is 0 Å². The van der Waals surface area contributed by atoms with E-state index in [-0.39, 0.29) is 17.6 Å². The smallest absolute Gasteiger partial charge is 0.123 e. The molecule has 2 N–H and O–H groups in total. The van der Waals surface area contributed by atoms with Gasteiger partial charge in [-0.25, -0.2) is 4.39 Å². The highest BCUT2D eigenvalue weighted by atomic mass is 19.1. The van der Waals surface area contributed by atoms with Crippen LogP contribution in [-0.2, 0) is 0 Å². The predicted octanol–water partition coefficient (Wildman–Crippen LogP) is 4.87. The first-order chi connectivity index (χ1) is 9.69. The molecule has 2 nitrogen and oxygen atoms in total. The number of hydrogen-bond donors (Lipinski definition) is 2. The summed E-state index contributed by atoms with van der Waals surface area (Å²) in [5.41, 5.74) is 1.93. The van der Waals surface area contributed by atoms with Gasteiger partial charge in [0.15, 0.2) is 0 Å². The topological polar surface area (TPSA) is 32.3 Å². The van der Waals surface area contributed by atoms with E-state index in [4.69, 9.17) is 0 Å². The Kier molecular flexibility index (Phi) is 4.99. The van der Waals surface area contributed by atoms with E-state index in [1.54, 1.807) is 18.2 Å². The molecule has 0 radical (unpaired) electrons. The van der Waals surface area contributed by atoms with Gasteiger partial charge in [-0.15, -0.1) is 0 Å². The maximum Gasteiger partial charge on any atom is 0.123 e. The monoisotopic (exact) mass is 273 g/mol. The van der Waals surface area contributed by atoms with Crippen molar-refractivity contribution in [3.63, 3.8) is 0 Å². The number of phenolic OH excluding ortho intramolecular Hbond substituents is 1. The molecule has 2 aromatic carbocycles. The number of nitrogens with one attached hydrogen (secondary N) is 1. The molecular formula is C17H20FNO. The first-order valence-corrected chi connectivity index (χ1v) is 7.00. The zero-order chi connectivity index (χ0) is 14.4. The van der Waals surface area contributed by atoms with Crippen molar-refractivity contribution >= 4 is 5.69 Å². The molecule has 0 aliphatic carbocycles. The third kappa shape index (κ3) is 3.98. The summed E-state index contributed by atoms with van der Waals surface area (Å²) in [6.07, 6.45) is 3.17. The quantitative estimate of drug-likeness (QED) is 0.786. The molecule has 20 heavy (non-hydrogen) atoms. The van der Waals surface area contributed by atoms with Crippen molar-refractivity contribution in [1.29, 1.82) is 0 Å². The zero-order valence-electron chi connectivity index (χ0n) is 11.6. The van der Waals surface area contributed by atoms with Crippen molar-refractivity contribution < 1.29 is 9.50 Å². The van der Waals surface area contributed by atoms with Crippen LogP contribution in [0.5, 0.6) is 5.75 Å². The summed E-state index contributed by atoms with van der Waals surface area (Å²) in [4.78, 5) is 0. The number of anilines is 1. The van der Waals surface area contributed by atoms with Crippen molar-refractivity contribution in [3.05, 3.63) is 59.9 Å². The summed E-state index contributed by atoms with van der Waals surface area (Å²) < 4.78 is 13.0. The van der Waals surface area contributed by atoms with E-state index in [0.717, 1.165) is 30.5 Å². The lowest BCUT2D eigenvalue weighted by Crippen LogP contribution is -2.10. The molecule has 0 aliphatic rings. The third-order valence-electron chi connectivity index (χ3n) is 3.31. The second kappa shape index (κ2) is 6.94. The molecule has 0 spiro atoms. The molecule has 2 rings (SSSR count). The number of aromatic hydroxyl groups is 1. The fourth-order valence-electron chi connectivity index (χ4n) is 2.22. The van der Waals surface area contributed by atoms with E-state index in [9.17, 15) is 9.50 Å². The third-order valence-corrected chi connectivity index (χ3v) is 3.31. The number of phenols is 1. The summed E-state index contributed by atoms with van der Waals surface area (Å²) in [6, 6.07) is 13.8. The van der Waals surface area contributed by atoms with E-state index >= 15 is 0 Å². The van der Waals surface area contributed by atoms with Gasteiger partial charge in [-0.3, -0.25) is 0 Å². The molecule has 3 heteroatoms. The van der Waals surface area contributed by atoms with Gasteiger partial charge in [-0.2, -0.15) is 0 Å². The van der Waals surface area contributed by atoms with Gasteiger partial charge < -0.3 is 10.4 Å². The van der Waals surface area contributed by atoms with E-state index < -0.39 is 0 Å². The lowest BCUT2D eigenvalue weighted by molar-refractivity contribution is 0.475. The molecule has 0 amide bonds. The first kappa shape index (κ1) is 14.4. The standard InChI is InChI=1S/C17H20FNO/c1-2-3-7-17(13-8-10-14(18)11-9-13)19-15-5-4-6-16(20)12-15/h4-6,8-12,17,19-20H,2-3,7H2,1H3. The lowest BCUT2D eigenvalue weighted by Gasteiger charge is -2.20. The average molecular weight is 273 g/mol. The first-order valence-electron chi connectivity index (χ1n) is 7.00. The summed E-state index contributed by atoms with van der Waals surface area (Å²) in [5, 5.41) is 12.9. The number of benzene rings is 2. The molecule has 2 aromatic rings. The molecule has 0 heterocycles. The van der Waals surface area contributed by atoms with Crippen molar-refractivity contribution in [3.8, 4) is 5.75 Å². The number of halogens is 1. The minimum Gasteiger partial charge on any atom is -0.508 e. The molecular weight excluding hydrogens is 253 g/mol. The van der Waals surface area contributed by atoms with Crippen LogP contribution in [-0.4, -0.2) is 5.11 Å². The Labute approximate surface area is 119 Å². The second-order valence-electron chi connectivity index (χ2n) is 4.94. The van der Waals surface area contributed by atoms with Crippen molar-refractivity contribution in [2.24, 2.45) is 0 Å². The Hall–Kier alpha value is -2.03. The van der Waals surface area contributed by atoms with Crippen LogP contribution in [0, 0.1) is 5.82 Å². The van der Waals surface area contributed by atoms with Gasteiger partial charge >= 0.3 is 0 Å². The summed E-state index contributed by atoms with van der Waals surface area (Å²) in [5.74, 6) is 0.0173. The van der Waals surface area contributed by atoms with E-state index in [2.05, 4.69) is 12.2 Å². The van der Waals surface area contributed by atoms with Crippen LogP contribution >= 0.6 is 0 Å². The average Bonchev–Trinajstić information content (AvgIpc) is 2.44. The zero-order valence-corrected chi connectivity index (χ0v) is 11.6.